The van der Waals surface area contributed by atoms with E-state index in [1.807, 2.05) is 36.1 Å². The van der Waals surface area contributed by atoms with Gasteiger partial charge in [0.2, 0.25) is 29.6 Å². The third kappa shape index (κ3) is 11.3. The Hall–Kier alpha value is -6.44. The standard InChI is InChI=1S/C47H55BrN10O8/c1-4-36-46(64)56(2)38-26-51-47(55-42(38)57(36)27-29-12-15-31(48)16-13-29)53-35-17-14-30(25-39(35)65-3)43(61)50-22-24-66-23-21-49-20-7-5-6-11-40(59)52-34-10-8-9-32-33(34)28-58(45(32)63)37-18-19-41(60)54-44(37)62/h8-10,12-17,25-26,36-37,49H,4-7,11,18-24,27-28H2,1-3H3,(H,50,61)(H,52,59)(H,51,53,55)(H,54,60,62)/t36-,37?/m1/s1. The van der Waals surface area contributed by atoms with Gasteiger partial charge in [-0.25, -0.2) is 4.98 Å². The number of nitrogens with one attached hydrogen (secondary N) is 5. The zero-order valence-electron chi connectivity index (χ0n) is 37.3. The van der Waals surface area contributed by atoms with Crippen molar-refractivity contribution in [3.05, 3.63) is 93.6 Å². The van der Waals surface area contributed by atoms with E-state index in [2.05, 4.69) is 47.5 Å². The molecule has 1 saturated heterocycles. The highest BCUT2D eigenvalue weighted by molar-refractivity contribution is 9.10. The normalized spacial score (nSPS) is 16.8. The summed E-state index contributed by atoms with van der Waals surface area (Å²) in [6.07, 6.45) is 5.44. The fourth-order valence-corrected chi connectivity index (χ4v) is 8.52. The van der Waals surface area contributed by atoms with Crippen molar-refractivity contribution in [1.29, 1.82) is 0 Å². The van der Waals surface area contributed by atoms with Gasteiger partial charge in [-0.05, 0) is 80.3 Å². The van der Waals surface area contributed by atoms with Gasteiger partial charge in [-0.15, -0.1) is 0 Å². The average molecular weight is 968 g/mol. The zero-order chi connectivity index (χ0) is 46.7. The van der Waals surface area contributed by atoms with Crippen LogP contribution in [0.2, 0.25) is 0 Å². The number of methoxy groups -OCH3 is 1. The number of hydrogen-bond donors (Lipinski definition) is 5. The van der Waals surface area contributed by atoms with E-state index in [-0.39, 0.29) is 48.9 Å². The number of carbonyl (C=O) groups excluding carboxylic acids is 6. The lowest BCUT2D eigenvalue weighted by Crippen LogP contribution is -2.52. The first-order valence-corrected chi connectivity index (χ1v) is 23.0. The quantitative estimate of drug-likeness (QED) is 0.0547. The smallest absolute Gasteiger partial charge is 0.255 e. The SMILES string of the molecule is CC[C@@H]1C(=O)N(C)c2cnc(Nc3ccc(C(=O)NCCOCCNCCCCCC(=O)Nc4cccc5c4CN(C4CCC(=O)NC4=O)C5=O)cc3OC)nc2N1Cc1ccc(Br)cc1. The van der Waals surface area contributed by atoms with E-state index >= 15 is 0 Å². The molecule has 1 fully saturated rings. The maximum atomic E-state index is 13.3. The number of nitrogens with zero attached hydrogens (tertiary/aromatic N) is 5. The van der Waals surface area contributed by atoms with Gasteiger partial charge in [-0.2, -0.15) is 4.98 Å². The van der Waals surface area contributed by atoms with E-state index in [1.165, 1.54) is 12.0 Å². The Kier molecular flexibility index (Phi) is 16.0. The van der Waals surface area contributed by atoms with E-state index in [9.17, 15) is 28.8 Å². The molecule has 3 aromatic carbocycles. The second kappa shape index (κ2) is 22.2. The summed E-state index contributed by atoms with van der Waals surface area (Å²) in [4.78, 5) is 90.7. The van der Waals surface area contributed by atoms with Gasteiger partial charge in [0.1, 0.15) is 23.5 Å². The number of aromatic nitrogens is 2. The van der Waals surface area contributed by atoms with Crippen LogP contribution in [0, 0.1) is 0 Å². The number of fused-ring (bicyclic) bond motifs is 2. The van der Waals surface area contributed by atoms with Crippen molar-refractivity contribution in [1.82, 2.24) is 30.8 Å². The fraction of sp³-hybridized carbons (Fsp3) is 0.404. The number of rotatable bonds is 21. The van der Waals surface area contributed by atoms with E-state index in [1.54, 1.807) is 54.5 Å². The van der Waals surface area contributed by atoms with E-state index in [4.69, 9.17) is 14.5 Å². The molecule has 1 aromatic heterocycles. The van der Waals surface area contributed by atoms with Crippen LogP contribution < -0.4 is 41.1 Å². The molecule has 3 aliphatic rings. The van der Waals surface area contributed by atoms with Gasteiger partial charge in [0, 0.05) is 72.9 Å². The number of hydrogen-bond acceptors (Lipinski definition) is 13. The molecule has 4 aromatic rings. The van der Waals surface area contributed by atoms with E-state index in [0.29, 0.717) is 103 Å². The van der Waals surface area contributed by atoms with Gasteiger partial charge >= 0.3 is 0 Å². The predicted octanol–water partition coefficient (Wildman–Crippen LogP) is 5.05. The fourth-order valence-electron chi connectivity index (χ4n) is 8.26. The molecule has 7 rings (SSSR count). The number of halogens is 1. The van der Waals surface area contributed by atoms with Crippen LogP contribution in [0.25, 0.3) is 0 Å². The van der Waals surface area contributed by atoms with Crippen LogP contribution in [0.4, 0.5) is 28.8 Å². The molecule has 5 N–H and O–H groups in total. The zero-order valence-corrected chi connectivity index (χ0v) is 38.9. The summed E-state index contributed by atoms with van der Waals surface area (Å²) in [6, 6.07) is 17.1. The summed E-state index contributed by atoms with van der Waals surface area (Å²) in [5.41, 5.74) is 4.31. The summed E-state index contributed by atoms with van der Waals surface area (Å²) in [5, 5.41) is 14.7. The highest BCUT2D eigenvalue weighted by Crippen LogP contribution is 2.38. The van der Waals surface area contributed by atoms with Crippen molar-refractivity contribution in [2.24, 2.45) is 0 Å². The largest absolute Gasteiger partial charge is 0.495 e. The monoisotopic (exact) mass is 966 g/mol. The highest BCUT2D eigenvalue weighted by Gasteiger charge is 2.40. The molecular weight excluding hydrogens is 912 g/mol. The molecule has 0 spiro atoms. The third-order valence-electron chi connectivity index (χ3n) is 11.8. The van der Waals surface area contributed by atoms with Gasteiger partial charge in [-0.3, -0.25) is 34.1 Å². The molecule has 348 valence electrons. The molecule has 3 aliphatic heterocycles. The lowest BCUT2D eigenvalue weighted by atomic mass is 10.0. The van der Waals surface area contributed by atoms with Crippen LogP contribution in [-0.2, 0) is 37.0 Å². The number of ether oxygens (including phenoxy) is 2. The number of benzene rings is 3. The minimum absolute atomic E-state index is 0.0214. The van der Waals surface area contributed by atoms with Crippen LogP contribution in [0.1, 0.15) is 83.7 Å². The molecule has 6 amide bonds. The van der Waals surface area contributed by atoms with Crippen molar-refractivity contribution in [2.75, 3.05) is 67.4 Å². The second-order valence-corrected chi connectivity index (χ2v) is 17.1. The van der Waals surface area contributed by atoms with Gasteiger partial charge < -0.3 is 45.4 Å². The summed E-state index contributed by atoms with van der Waals surface area (Å²) in [7, 11) is 3.26. The summed E-state index contributed by atoms with van der Waals surface area (Å²) < 4.78 is 12.3. The number of likely N-dealkylation sites (N-methyl/N-ethyl adjacent to an activating group) is 1. The molecule has 18 nitrogen and oxygen atoms in total. The topological polar surface area (TPSA) is 217 Å². The Balaban J connectivity index is 0.781. The minimum atomic E-state index is -0.716. The van der Waals surface area contributed by atoms with E-state index in [0.717, 1.165) is 29.4 Å². The molecular formula is C47H55BrN10O8. The highest BCUT2D eigenvalue weighted by atomic mass is 79.9. The lowest BCUT2D eigenvalue weighted by molar-refractivity contribution is -0.137. The third-order valence-corrected chi connectivity index (χ3v) is 12.3. The van der Waals surface area contributed by atoms with E-state index < -0.39 is 18.0 Å². The molecule has 0 radical (unpaired) electrons. The average Bonchev–Trinajstić information content (AvgIpc) is 3.65. The van der Waals surface area contributed by atoms with Crippen LogP contribution >= 0.6 is 15.9 Å². The van der Waals surface area contributed by atoms with Crippen LogP contribution in [-0.4, -0.2) is 109 Å². The van der Waals surface area contributed by atoms with Crippen molar-refractivity contribution >= 4 is 80.2 Å². The number of amides is 6. The van der Waals surface area contributed by atoms with Gasteiger partial charge in [-0.1, -0.05) is 47.5 Å². The molecule has 0 aliphatic carbocycles. The molecule has 4 heterocycles. The number of unbranched alkanes of at least 4 members (excludes halogenated alkanes) is 2. The maximum absolute atomic E-state index is 13.3. The van der Waals surface area contributed by atoms with Crippen LogP contribution in [0.3, 0.4) is 0 Å². The van der Waals surface area contributed by atoms with Crippen molar-refractivity contribution in [2.45, 2.75) is 77.0 Å². The molecule has 0 bridgehead atoms. The Bertz CT molecular complexity index is 2450. The van der Waals surface area contributed by atoms with Crippen molar-refractivity contribution < 1.29 is 38.2 Å². The molecule has 66 heavy (non-hydrogen) atoms. The summed E-state index contributed by atoms with van der Waals surface area (Å²) in [5.74, 6) is -0.171. The van der Waals surface area contributed by atoms with Gasteiger partial charge in [0.25, 0.3) is 11.8 Å². The maximum Gasteiger partial charge on any atom is 0.255 e. The van der Waals surface area contributed by atoms with Crippen LogP contribution in [0.5, 0.6) is 5.75 Å². The first-order valence-electron chi connectivity index (χ1n) is 22.2. The Morgan fingerprint density at radius 2 is 1.76 bits per heavy atom. The van der Waals surface area contributed by atoms with Crippen molar-refractivity contribution in [3.8, 4) is 5.75 Å². The second-order valence-electron chi connectivity index (χ2n) is 16.2. The Labute approximate surface area is 391 Å². The lowest BCUT2D eigenvalue weighted by Gasteiger charge is -2.40. The predicted molar refractivity (Wildman–Crippen MR) is 252 cm³/mol. The molecule has 19 heteroatoms. The van der Waals surface area contributed by atoms with Crippen molar-refractivity contribution in [3.63, 3.8) is 0 Å². The van der Waals surface area contributed by atoms with Gasteiger partial charge in [0.05, 0.1) is 32.2 Å². The summed E-state index contributed by atoms with van der Waals surface area (Å²) >= 11 is 3.49. The number of imide groups is 1. The number of carbonyl (C=O) groups is 6. The van der Waals surface area contributed by atoms with Gasteiger partial charge in [0.15, 0.2) is 5.82 Å². The molecule has 2 atom stereocenters. The Morgan fingerprint density at radius 3 is 2.53 bits per heavy atom. The minimum Gasteiger partial charge on any atom is -0.495 e. The number of piperidine rings is 1. The first-order chi connectivity index (χ1) is 31.9. The summed E-state index contributed by atoms with van der Waals surface area (Å²) in [6.45, 7) is 5.19. The Morgan fingerprint density at radius 1 is 0.955 bits per heavy atom. The van der Waals surface area contributed by atoms with Crippen LogP contribution in [0.15, 0.2) is 71.3 Å². The number of anilines is 5. The molecule has 1 unspecified atom stereocenters. The molecule has 0 saturated carbocycles. The first kappa shape index (κ1) is 47.5.